The summed E-state index contributed by atoms with van der Waals surface area (Å²) in [5.41, 5.74) is 2.87. The predicted octanol–water partition coefficient (Wildman–Crippen LogP) is 5.46. The highest BCUT2D eigenvalue weighted by atomic mass is 35.5. The van der Waals surface area contributed by atoms with Gasteiger partial charge < -0.3 is 24.4 Å². The number of hydrogen-bond acceptors (Lipinski definition) is 5. The molecule has 8 heteroatoms. The number of benzene rings is 3. The molecule has 1 saturated heterocycles. The van der Waals surface area contributed by atoms with Crippen LogP contribution in [0.5, 0.6) is 11.5 Å². The minimum atomic E-state index is -0.131. The number of urea groups is 1. The molecule has 0 unspecified atom stereocenters. The van der Waals surface area contributed by atoms with Gasteiger partial charge in [0, 0.05) is 43.4 Å². The molecule has 1 atom stereocenters. The molecule has 0 bridgehead atoms. The van der Waals surface area contributed by atoms with Gasteiger partial charge in [0.2, 0.25) is 0 Å². The molecule has 1 heterocycles. The van der Waals surface area contributed by atoms with Gasteiger partial charge >= 0.3 is 6.03 Å². The zero-order chi connectivity index (χ0) is 25.3. The van der Waals surface area contributed by atoms with Crippen molar-refractivity contribution in [2.45, 2.75) is 12.7 Å². The second-order valence-electron chi connectivity index (χ2n) is 8.65. The zero-order valence-electron chi connectivity index (χ0n) is 20.7. The highest BCUT2D eigenvalue weighted by Crippen LogP contribution is 2.24. The van der Waals surface area contributed by atoms with Crippen molar-refractivity contribution in [1.82, 2.24) is 9.80 Å². The van der Waals surface area contributed by atoms with Crippen molar-refractivity contribution in [3.05, 3.63) is 88.9 Å². The molecule has 2 amide bonds. The normalized spacial score (nSPS) is 14.8. The minimum Gasteiger partial charge on any atom is -0.497 e. The fraction of sp³-hybridized carbons (Fsp3) is 0.321. The van der Waals surface area contributed by atoms with E-state index in [4.69, 9.17) is 25.8 Å². The van der Waals surface area contributed by atoms with Crippen LogP contribution in [0.4, 0.5) is 10.5 Å². The third-order valence-electron chi connectivity index (χ3n) is 6.25. The number of nitrogens with one attached hydrogen (secondary N) is 1. The number of piperazine rings is 1. The Bertz CT molecular complexity index is 1120. The Morgan fingerprint density at radius 1 is 0.917 bits per heavy atom. The summed E-state index contributed by atoms with van der Waals surface area (Å²) >= 11 is 6.12. The van der Waals surface area contributed by atoms with E-state index in [1.165, 1.54) is 0 Å². The summed E-state index contributed by atoms with van der Waals surface area (Å²) in [6.45, 7) is 4.01. The van der Waals surface area contributed by atoms with Gasteiger partial charge in [0.05, 0.1) is 26.9 Å². The maximum atomic E-state index is 12.7. The molecular weight excluding hydrogens is 478 g/mol. The lowest BCUT2D eigenvalue weighted by Gasteiger charge is -2.36. The van der Waals surface area contributed by atoms with Crippen LogP contribution in [-0.4, -0.2) is 62.8 Å². The number of anilines is 1. The Labute approximate surface area is 217 Å². The lowest BCUT2D eigenvalue weighted by Crippen LogP contribution is -2.50. The highest BCUT2D eigenvalue weighted by molar-refractivity contribution is 6.30. The van der Waals surface area contributed by atoms with Gasteiger partial charge in [0.25, 0.3) is 0 Å². The maximum Gasteiger partial charge on any atom is 0.321 e. The average Bonchev–Trinajstić information content (AvgIpc) is 2.92. The summed E-state index contributed by atoms with van der Waals surface area (Å²) in [7, 11) is 3.28. The molecule has 3 aromatic carbocycles. The van der Waals surface area contributed by atoms with Gasteiger partial charge in [-0.2, -0.15) is 0 Å². The lowest BCUT2D eigenvalue weighted by atomic mass is 10.1. The van der Waals surface area contributed by atoms with E-state index in [2.05, 4.69) is 10.2 Å². The first-order chi connectivity index (χ1) is 17.5. The van der Waals surface area contributed by atoms with Gasteiger partial charge in [0.1, 0.15) is 11.5 Å². The first-order valence-electron chi connectivity index (χ1n) is 12.0. The van der Waals surface area contributed by atoms with Crippen LogP contribution < -0.4 is 14.8 Å². The molecule has 0 spiro atoms. The maximum absolute atomic E-state index is 12.7. The summed E-state index contributed by atoms with van der Waals surface area (Å²) in [6.07, 6.45) is -0.131. The Balaban J connectivity index is 1.34. The summed E-state index contributed by atoms with van der Waals surface area (Å²) < 4.78 is 16.9. The van der Waals surface area contributed by atoms with Gasteiger partial charge in [-0.25, -0.2) is 4.79 Å². The standard InChI is InChI=1S/C28H32ClN3O4/c1-34-25-12-10-24(11-13-25)30-28(33)32-16-14-31(15-17-32)19-27(22-6-8-23(29)9-7-22)36-20-21-4-3-5-26(18-21)35-2/h3-13,18,27H,14-17,19-20H2,1-2H3,(H,30,33)/t27-/m0/s1. The smallest absolute Gasteiger partial charge is 0.321 e. The van der Waals surface area contributed by atoms with Crippen LogP contribution in [0.25, 0.3) is 0 Å². The molecule has 0 aliphatic carbocycles. The Morgan fingerprint density at radius 2 is 1.61 bits per heavy atom. The average molecular weight is 510 g/mol. The number of amides is 2. The van der Waals surface area contributed by atoms with Gasteiger partial charge in [-0.1, -0.05) is 35.9 Å². The number of halogens is 1. The van der Waals surface area contributed by atoms with E-state index in [1.807, 2.05) is 77.7 Å². The van der Waals surface area contributed by atoms with E-state index in [0.29, 0.717) is 24.7 Å². The van der Waals surface area contributed by atoms with Gasteiger partial charge in [-0.3, -0.25) is 4.90 Å². The van der Waals surface area contributed by atoms with Crippen molar-refractivity contribution in [3.8, 4) is 11.5 Å². The number of rotatable bonds is 9. The van der Waals surface area contributed by atoms with Crippen molar-refractivity contribution in [2.75, 3.05) is 52.3 Å². The van der Waals surface area contributed by atoms with Crippen LogP contribution in [0, 0.1) is 0 Å². The third-order valence-corrected chi connectivity index (χ3v) is 6.50. The topological polar surface area (TPSA) is 63.3 Å². The van der Waals surface area contributed by atoms with Crippen molar-refractivity contribution < 1.29 is 19.0 Å². The van der Waals surface area contributed by atoms with E-state index in [-0.39, 0.29) is 12.1 Å². The molecule has 1 N–H and O–H groups in total. The Kier molecular flexibility index (Phi) is 9.06. The quantitative estimate of drug-likeness (QED) is 0.414. The van der Waals surface area contributed by atoms with Gasteiger partial charge in [0.15, 0.2) is 0 Å². The van der Waals surface area contributed by atoms with Crippen molar-refractivity contribution in [3.63, 3.8) is 0 Å². The fourth-order valence-electron chi connectivity index (χ4n) is 4.14. The molecule has 0 radical (unpaired) electrons. The highest BCUT2D eigenvalue weighted by Gasteiger charge is 2.24. The molecule has 0 aromatic heterocycles. The second-order valence-corrected chi connectivity index (χ2v) is 9.09. The van der Waals surface area contributed by atoms with Crippen LogP contribution >= 0.6 is 11.6 Å². The first kappa shape index (κ1) is 25.8. The van der Waals surface area contributed by atoms with E-state index in [9.17, 15) is 4.79 Å². The fourth-order valence-corrected chi connectivity index (χ4v) is 4.26. The molecule has 1 fully saturated rings. The Morgan fingerprint density at radius 3 is 2.28 bits per heavy atom. The first-order valence-corrected chi connectivity index (χ1v) is 12.3. The Hall–Kier alpha value is -3.26. The molecule has 7 nitrogen and oxygen atoms in total. The van der Waals surface area contributed by atoms with Crippen molar-refractivity contribution >= 4 is 23.3 Å². The molecule has 3 aromatic rings. The third kappa shape index (κ3) is 7.13. The monoisotopic (exact) mass is 509 g/mol. The number of nitrogens with zero attached hydrogens (tertiary/aromatic N) is 2. The van der Waals surface area contributed by atoms with Crippen LogP contribution in [0.2, 0.25) is 5.02 Å². The number of carbonyl (C=O) groups excluding carboxylic acids is 1. The zero-order valence-corrected chi connectivity index (χ0v) is 21.4. The van der Waals surface area contributed by atoms with E-state index < -0.39 is 0 Å². The minimum absolute atomic E-state index is 0.0941. The van der Waals surface area contributed by atoms with Gasteiger partial charge in [-0.15, -0.1) is 0 Å². The van der Waals surface area contributed by atoms with Crippen LogP contribution in [0.3, 0.4) is 0 Å². The molecule has 0 saturated carbocycles. The number of ether oxygens (including phenoxy) is 3. The lowest BCUT2D eigenvalue weighted by molar-refractivity contribution is 0.00588. The second kappa shape index (κ2) is 12.6. The number of methoxy groups -OCH3 is 2. The summed E-state index contributed by atoms with van der Waals surface area (Å²) in [4.78, 5) is 16.9. The predicted molar refractivity (Wildman–Crippen MR) is 142 cm³/mol. The SMILES string of the molecule is COc1ccc(NC(=O)N2CCN(C[C@H](OCc3cccc(OC)c3)c3ccc(Cl)cc3)CC2)cc1. The molecule has 4 rings (SSSR count). The molecule has 190 valence electrons. The summed E-state index contributed by atoms with van der Waals surface area (Å²) in [5.74, 6) is 1.56. The largest absolute Gasteiger partial charge is 0.497 e. The van der Waals surface area contributed by atoms with Crippen LogP contribution in [0.15, 0.2) is 72.8 Å². The van der Waals surface area contributed by atoms with Crippen molar-refractivity contribution in [2.24, 2.45) is 0 Å². The van der Waals surface area contributed by atoms with E-state index >= 15 is 0 Å². The number of carbonyl (C=O) groups is 1. The molecule has 1 aliphatic heterocycles. The molecule has 1 aliphatic rings. The van der Waals surface area contributed by atoms with Gasteiger partial charge in [-0.05, 0) is 59.7 Å². The summed E-state index contributed by atoms with van der Waals surface area (Å²) in [5, 5.41) is 3.66. The van der Waals surface area contributed by atoms with Crippen LogP contribution in [0.1, 0.15) is 17.2 Å². The molecule has 36 heavy (non-hydrogen) atoms. The van der Waals surface area contributed by atoms with Crippen molar-refractivity contribution in [1.29, 1.82) is 0 Å². The van der Waals surface area contributed by atoms with E-state index in [1.54, 1.807) is 14.2 Å². The summed E-state index contributed by atoms with van der Waals surface area (Å²) in [6, 6.07) is 22.9. The number of hydrogen-bond donors (Lipinski definition) is 1. The molecular formula is C28H32ClN3O4. The van der Waals surface area contributed by atoms with E-state index in [0.717, 1.165) is 47.9 Å². The van der Waals surface area contributed by atoms with Crippen LogP contribution in [-0.2, 0) is 11.3 Å².